The molecule has 0 unspecified atom stereocenters. The molecule has 5 aromatic rings. The zero-order valence-corrected chi connectivity index (χ0v) is 18.8. The summed E-state index contributed by atoms with van der Waals surface area (Å²) in [6.07, 6.45) is -1.86. The van der Waals surface area contributed by atoms with Gasteiger partial charge in [0.25, 0.3) is 0 Å². The highest BCUT2D eigenvalue weighted by molar-refractivity contribution is 5.77. The van der Waals surface area contributed by atoms with Crippen LogP contribution in [0.25, 0.3) is 28.3 Å². The van der Waals surface area contributed by atoms with Crippen molar-refractivity contribution in [2.75, 3.05) is 0 Å². The normalized spacial score (nSPS) is 11.9. The minimum absolute atomic E-state index is 0.262. The highest BCUT2D eigenvalue weighted by atomic mass is 19.4. The second kappa shape index (κ2) is 9.30. The number of rotatable bonds is 7. The van der Waals surface area contributed by atoms with E-state index in [-0.39, 0.29) is 12.1 Å². The van der Waals surface area contributed by atoms with Crippen molar-refractivity contribution >= 4 is 5.65 Å². The lowest BCUT2D eigenvalue weighted by Crippen LogP contribution is -2.18. The fourth-order valence-electron chi connectivity index (χ4n) is 3.97. The van der Waals surface area contributed by atoms with Gasteiger partial charge in [-0.05, 0) is 42.3 Å². The van der Waals surface area contributed by atoms with E-state index in [1.807, 2.05) is 43.5 Å². The third-order valence-electron chi connectivity index (χ3n) is 5.56. The number of fused-ring (bicyclic) bond motifs is 1. The molecule has 0 aliphatic rings. The Balaban J connectivity index is 1.42. The monoisotopic (exact) mass is 477 g/mol. The molecule has 0 bridgehead atoms. The van der Waals surface area contributed by atoms with Crippen LogP contribution < -0.4 is 5.32 Å². The van der Waals surface area contributed by atoms with Crippen molar-refractivity contribution in [1.82, 2.24) is 34.9 Å². The number of benzene rings is 1. The highest BCUT2D eigenvalue weighted by Gasteiger charge is 2.28. The van der Waals surface area contributed by atoms with Crippen molar-refractivity contribution in [2.24, 2.45) is 0 Å². The quantitative estimate of drug-likeness (QED) is 0.349. The molecule has 0 saturated carbocycles. The van der Waals surface area contributed by atoms with Crippen LogP contribution in [0.15, 0.2) is 67.1 Å². The number of nitrogens with one attached hydrogen (secondary N) is 2. The molecule has 35 heavy (non-hydrogen) atoms. The van der Waals surface area contributed by atoms with Crippen LogP contribution in [0.3, 0.4) is 0 Å². The number of H-pyrrole nitrogens is 1. The van der Waals surface area contributed by atoms with Crippen molar-refractivity contribution in [3.05, 3.63) is 89.8 Å². The largest absolute Gasteiger partial charge is 0.393 e. The Hall–Kier alpha value is -4.05. The topological polar surface area (TPSA) is 83.8 Å². The predicted octanol–water partition coefficient (Wildman–Crippen LogP) is 4.88. The Morgan fingerprint density at radius 3 is 2.57 bits per heavy atom. The minimum atomic E-state index is -4.26. The molecule has 4 heterocycles. The second-order valence-electron chi connectivity index (χ2n) is 8.22. The summed E-state index contributed by atoms with van der Waals surface area (Å²) in [4.78, 5) is 16.9. The molecule has 0 saturated heterocycles. The number of hydrogen-bond acceptors (Lipinski definition) is 5. The third-order valence-corrected chi connectivity index (χ3v) is 5.56. The number of aromatic nitrogens is 6. The molecule has 0 atom stereocenters. The van der Waals surface area contributed by atoms with E-state index in [0.29, 0.717) is 23.6 Å². The van der Waals surface area contributed by atoms with Crippen molar-refractivity contribution in [1.29, 1.82) is 0 Å². The van der Waals surface area contributed by atoms with Gasteiger partial charge in [-0.1, -0.05) is 30.3 Å². The molecule has 1 aromatic carbocycles. The summed E-state index contributed by atoms with van der Waals surface area (Å²) in [6.45, 7) is 2.54. The molecule has 0 radical (unpaired) electrons. The van der Waals surface area contributed by atoms with E-state index in [4.69, 9.17) is 4.98 Å². The fourth-order valence-corrected chi connectivity index (χ4v) is 3.97. The Bertz CT molecular complexity index is 1470. The average molecular weight is 477 g/mol. The summed E-state index contributed by atoms with van der Waals surface area (Å²) in [6, 6.07) is 16.1. The van der Waals surface area contributed by atoms with Gasteiger partial charge >= 0.3 is 6.18 Å². The van der Waals surface area contributed by atoms with Gasteiger partial charge in [0.1, 0.15) is 17.8 Å². The first-order valence-electron chi connectivity index (χ1n) is 11.0. The lowest BCUT2D eigenvalue weighted by atomic mass is 10.0. The molecule has 10 heteroatoms. The van der Waals surface area contributed by atoms with E-state index < -0.39 is 12.6 Å². The summed E-state index contributed by atoms with van der Waals surface area (Å²) in [7, 11) is 0. The number of hydrogen-bond donors (Lipinski definition) is 2. The Labute approximate surface area is 199 Å². The maximum Gasteiger partial charge on any atom is 0.393 e. The van der Waals surface area contributed by atoms with Crippen LogP contribution in [-0.2, 0) is 19.5 Å². The van der Waals surface area contributed by atoms with E-state index >= 15 is 0 Å². The molecular formula is C25H22F3N7. The van der Waals surface area contributed by atoms with Gasteiger partial charge in [0.15, 0.2) is 5.65 Å². The van der Waals surface area contributed by atoms with Gasteiger partial charge < -0.3 is 10.3 Å². The van der Waals surface area contributed by atoms with Gasteiger partial charge in [-0.2, -0.15) is 18.3 Å². The predicted molar refractivity (Wildman–Crippen MR) is 125 cm³/mol. The zero-order chi connectivity index (χ0) is 24.4. The van der Waals surface area contributed by atoms with E-state index in [1.54, 1.807) is 22.7 Å². The molecule has 7 nitrogen and oxygen atoms in total. The molecule has 178 valence electrons. The molecule has 0 fully saturated rings. The van der Waals surface area contributed by atoms with Gasteiger partial charge in [-0.15, -0.1) is 0 Å². The molecule has 2 N–H and O–H groups in total. The first-order valence-corrected chi connectivity index (χ1v) is 11.0. The van der Waals surface area contributed by atoms with Crippen LogP contribution in [-0.4, -0.2) is 35.7 Å². The van der Waals surface area contributed by atoms with Crippen molar-refractivity contribution < 1.29 is 13.2 Å². The Morgan fingerprint density at radius 1 is 0.943 bits per heavy atom. The summed E-state index contributed by atoms with van der Waals surface area (Å²) in [5, 5.41) is 7.42. The molecule has 4 aromatic heterocycles. The second-order valence-corrected chi connectivity index (χ2v) is 8.22. The summed E-state index contributed by atoms with van der Waals surface area (Å²) in [5.41, 5.74) is 5.49. The van der Waals surface area contributed by atoms with Crippen LogP contribution in [0.2, 0.25) is 0 Å². The number of imidazole rings is 1. The summed E-state index contributed by atoms with van der Waals surface area (Å²) < 4.78 is 40.5. The molecule has 0 aliphatic carbocycles. The maximum absolute atomic E-state index is 12.9. The van der Waals surface area contributed by atoms with E-state index in [1.165, 1.54) is 12.4 Å². The standard InChI is InChI=1S/C25H22F3N7/c1-16-5-4-8-20(32-16)24-23(19-9-10-22-30-15-31-35(22)14-19)33-21(34-24)13-29-12-18-7-3-2-6-17(18)11-25(26,27)28/h2-10,14-15,29H,11-13H2,1H3,(H,33,34). The highest BCUT2D eigenvalue weighted by Crippen LogP contribution is 2.29. The number of aromatic amines is 1. The van der Waals surface area contributed by atoms with Crippen LogP contribution in [0, 0.1) is 6.92 Å². The van der Waals surface area contributed by atoms with Crippen LogP contribution >= 0.6 is 0 Å². The SMILES string of the molecule is Cc1cccc(-c2nc(CNCc3ccccc3CC(F)(F)F)[nH]c2-c2ccc3ncnn3c2)n1. The van der Waals surface area contributed by atoms with E-state index in [9.17, 15) is 13.2 Å². The lowest BCUT2D eigenvalue weighted by Gasteiger charge is -2.12. The number of pyridine rings is 2. The number of halogens is 3. The van der Waals surface area contributed by atoms with Crippen molar-refractivity contribution in [2.45, 2.75) is 32.6 Å². The number of aryl methyl sites for hydroxylation is 1. The van der Waals surface area contributed by atoms with E-state index in [2.05, 4.69) is 25.4 Å². The van der Waals surface area contributed by atoms with E-state index in [0.717, 1.165) is 28.3 Å². The summed E-state index contributed by atoms with van der Waals surface area (Å²) >= 11 is 0. The third kappa shape index (κ3) is 5.22. The smallest absolute Gasteiger partial charge is 0.340 e. The van der Waals surface area contributed by atoms with Gasteiger partial charge in [-0.3, -0.25) is 4.98 Å². The molecule has 0 spiro atoms. The number of nitrogens with zero attached hydrogens (tertiary/aromatic N) is 5. The molecule has 0 aliphatic heterocycles. The van der Waals surface area contributed by atoms with Gasteiger partial charge in [-0.25, -0.2) is 14.5 Å². The van der Waals surface area contributed by atoms with Gasteiger partial charge in [0, 0.05) is 24.0 Å². The van der Waals surface area contributed by atoms with Crippen molar-refractivity contribution in [3.8, 4) is 22.6 Å². The molecular weight excluding hydrogens is 455 g/mol. The molecule has 5 rings (SSSR count). The van der Waals surface area contributed by atoms with Crippen LogP contribution in [0.1, 0.15) is 22.6 Å². The first kappa shape index (κ1) is 22.7. The fraction of sp³-hybridized carbons (Fsp3) is 0.200. The zero-order valence-electron chi connectivity index (χ0n) is 18.8. The lowest BCUT2D eigenvalue weighted by molar-refractivity contribution is -0.127. The van der Waals surface area contributed by atoms with Crippen LogP contribution in [0.4, 0.5) is 13.2 Å². The Kier molecular flexibility index (Phi) is 6.04. The number of alkyl halides is 3. The first-order chi connectivity index (χ1) is 16.9. The molecule has 0 amide bonds. The van der Waals surface area contributed by atoms with Gasteiger partial charge in [0.05, 0.1) is 24.4 Å². The van der Waals surface area contributed by atoms with Crippen molar-refractivity contribution in [3.63, 3.8) is 0 Å². The maximum atomic E-state index is 12.9. The van der Waals surface area contributed by atoms with Crippen LogP contribution in [0.5, 0.6) is 0 Å². The average Bonchev–Trinajstić information content (AvgIpc) is 3.46. The minimum Gasteiger partial charge on any atom is -0.340 e. The summed E-state index contributed by atoms with van der Waals surface area (Å²) in [5.74, 6) is 0.644. The van der Waals surface area contributed by atoms with Gasteiger partial charge in [0.2, 0.25) is 0 Å². The Morgan fingerprint density at radius 2 is 1.77 bits per heavy atom.